The van der Waals surface area contributed by atoms with Gasteiger partial charge in [-0.25, -0.2) is 0 Å². The molecular formula is C20H25ClN2O2. The van der Waals surface area contributed by atoms with Crippen molar-refractivity contribution in [3.8, 4) is 5.75 Å². The second-order valence-corrected chi connectivity index (χ2v) is 6.28. The summed E-state index contributed by atoms with van der Waals surface area (Å²) in [5.74, 6) is 0.868. The highest BCUT2D eigenvalue weighted by molar-refractivity contribution is 5.85. The number of rotatable bonds is 6. The average molecular weight is 361 g/mol. The number of benzene rings is 2. The van der Waals surface area contributed by atoms with Crippen molar-refractivity contribution in [2.24, 2.45) is 0 Å². The summed E-state index contributed by atoms with van der Waals surface area (Å²) in [6, 6.07) is 12.4. The molecule has 0 atom stereocenters. The Balaban J connectivity index is 0.00000225. The molecule has 25 heavy (non-hydrogen) atoms. The largest absolute Gasteiger partial charge is 0.493 e. The van der Waals surface area contributed by atoms with Crippen LogP contribution in [0.1, 0.15) is 34.2 Å². The number of nitrogens with one attached hydrogen (secondary N) is 2. The van der Waals surface area contributed by atoms with Gasteiger partial charge >= 0.3 is 0 Å². The molecule has 0 aromatic heterocycles. The Hall–Kier alpha value is -2.04. The molecule has 1 aliphatic rings. The third kappa shape index (κ3) is 4.97. The number of hydrogen-bond acceptors (Lipinski definition) is 3. The van der Waals surface area contributed by atoms with Gasteiger partial charge < -0.3 is 15.4 Å². The third-order valence-electron chi connectivity index (χ3n) is 4.53. The van der Waals surface area contributed by atoms with Crippen LogP contribution >= 0.6 is 12.4 Å². The van der Waals surface area contributed by atoms with Crippen molar-refractivity contribution in [1.29, 1.82) is 0 Å². The van der Waals surface area contributed by atoms with E-state index in [1.165, 1.54) is 16.7 Å². The molecule has 0 fully saturated rings. The van der Waals surface area contributed by atoms with Crippen molar-refractivity contribution in [3.63, 3.8) is 0 Å². The highest BCUT2D eigenvalue weighted by Crippen LogP contribution is 2.20. The van der Waals surface area contributed by atoms with Gasteiger partial charge in [0.25, 0.3) is 0 Å². The van der Waals surface area contributed by atoms with Gasteiger partial charge in [-0.05, 0) is 47.7 Å². The molecule has 1 aliphatic heterocycles. The number of halogens is 1. The number of carbonyl (C=O) groups excluding carboxylic acids is 1. The van der Waals surface area contributed by atoms with Gasteiger partial charge in [-0.1, -0.05) is 30.3 Å². The number of hydrogen-bond donors (Lipinski definition) is 2. The van der Waals surface area contributed by atoms with Crippen LogP contribution in [-0.2, 0) is 24.4 Å². The summed E-state index contributed by atoms with van der Waals surface area (Å²) in [6.45, 7) is 6.91. The van der Waals surface area contributed by atoms with Gasteiger partial charge in [-0.3, -0.25) is 4.79 Å². The summed E-state index contributed by atoms with van der Waals surface area (Å²) in [5.41, 5.74) is 6.15. The monoisotopic (exact) mass is 360 g/mol. The summed E-state index contributed by atoms with van der Waals surface area (Å²) in [5, 5.41) is 6.29. The minimum absolute atomic E-state index is 0. The average Bonchev–Trinajstić information content (AvgIpc) is 3.04. The molecule has 0 spiro atoms. The lowest BCUT2D eigenvalue weighted by Gasteiger charge is -2.11. The second kappa shape index (κ2) is 8.88. The minimum atomic E-state index is 0. The van der Waals surface area contributed by atoms with Crippen LogP contribution in [0.5, 0.6) is 5.75 Å². The van der Waals surface area contributed by atoms with Gasteiger partial charge in [0, 0.05) is 19.6 Å². The smallest absolute Gasteiger partial charge is 0.223 e. The number of carbonyl (C=O) groups is 1. The van der Waals surface area contributed by atoms with Crippen molar-refractivity contribution in [2.45, 2.75) is 39.9 Å². The van der Waals surface area contributed by atoms with Crippen LogP contribution in [0.25, 0.3) is 0 Å². The Kier molecular flexibility index (Phi) is 6.85. The van der Waals surface area contributed by atoms with Gasteiger partial charge in [-0.15, -0.1) is 12.4 Å². The SMILES string of the molecule is Cc1cccc(OCCC(=O)NCc2ccc3c(c2)CNC3)c1C.Cl. The van der Waals surface area contributed by atoms with Crippen molar-refractivity contribution < 1.29 is 9.53 Å². The van der Waals surface area contributed by atoms with Crippen molar-refractivity contribution in [3.05, 3.63) is 64.2 Å². The van der Waals surface area contributed by atoms with E-state index in [1.807, 2.05) is 19.1 Å². The van der Waals surface area contributed by atoms with Crippen LogP contribution in [0.15, 0.2) is 36.4 Å². The summed E-state index contributed by atoms with van der Waals surface area (Å²) in [6.07, 6.45) is 0.361. The molecule has 5 heteroatoms. The molecule has 0 radical (unpaired) electrons. The zero-order valence-corrected chi connectivity index (χ0v) is 15.5. The molecule has 2 N–H and O–H groups in total. The first-order valence-electron chi connectivity index (χ1n) is 8.40. The Morgan fingerprint density at radius 2 is 1.96 bits per heavy atom. The highest BCUT2D eigenvalue weighted by Gasteiger charge is 2.10. The van der Waals surface area contributed by atoms with E-state index in [2.05, 4.69) is 41.8 Å². The number of fused-ring (bicyclic) bond motifs is 1. The first-order chi connectivity index (χ1) is 11.6. The van der Waals surface area contributed by atoms with Crippen LogP contribution in [-0.4, -0.2) is 12.5 Å². The van der Waals surface area contributed by atoms with Crippen LogP contribution in [0.3, 0.4) is 0 Å². The second-order valence-electron chi connectivity index (χ2n) is 6.28. The standard InChI is InChI=1S/C20H24N2O2.ClH/c1-14-4-3-5-19(15(14)2)24-9-8-20(23)22-11-16-6-7-17-12-21-13-18(17)10-16;/h3-7,10,21H,8-9,11-13H2,1-2H3,(H,22,23);1H. The lowest BCUT2D eigenvalue weighted by atomic mass is 10.1. The first-order valence-corrected chi connectivity index (χ1v) is 8.40. The summed E-state index contributed by atoms with van der Waals surface area (Å²) >= 11 is 0. The number of amides is 1. The molecule has 0 saturated carbocycles. The lowest BCUT2D eigenvalue weighted by Crippen LogP contribution is -2.24. The van der Waals surface area contributed by atoms with Crippen LogP contribution in [0, 0.1) is 13.8 Å². The summed E-state index contributed by atoms with van der Waals surface area (Å²) in [7, 11) is 0. The summed E-state index contributed by atoms with van der Waals surface area (Å²) in [4.78, 5) is 12.0. The maximum atomic E-state index is 12.0. The number of ether oxygens (including phenoxy) is 1. The summed E-state index contributed by atoms with van der Waals surface area (Å²) < 4.78 is 5.73. The molecule has 4 nitrogen and oxygen atoms in total. The molecule has 0 bridgehead atoms. The van der Waals surface area contributed by atoms with E-state index in [9.17, 15) is 4.79 Å². The van der Waals surface area contributed by atoms with E-state index in [0.717, 1.165) is 30.0 Å². The van der Waals surface area contributed by atoms with E-state index in [4.69, 9.17) is 4.74 Å². The maximum Gasteiger partial charge on any atom is 0.223 e. The predicted octanol–water partition coefficient (Wildman–Crippen LogP) is 3.41. The first kappa shape index (κ1) is 19.3. The lowest BCUT2D eigenvalue weighted by molar-refractivity contribution is -0.121. The topological polar surface area (TPSA) is 50.4 Å². The quantitative estimate of drug-likeness (QED) is 0.830. The van der Waals surface area contributed by atoms with Gasteiger partial charge in [-0.2, -0.15) is 0 Å². The predicted molar refractivity (Wildman–Crippen MR) is 102 cm³/mol. The Labute approximate surface area is 155 Å². The van der Waals surface area contributed by atoms with Crippen molar-refractivity contribution in [2.75, 3.05) is 6.61 Å². The molecule has 1 heterocycles. The molecule has 2 aromatic rings. The molecule has 0 unspecified atom stereocenters. The van der Waals surface area contributed by atoms with E-state index in [0.29, 0.717) is 19.6 Å². The fourth-order valence-electron chi connectivity index (χ4n) is 2.88. The highest BCUT2D eigenvalue weighted by atomic mass is 35.5. The van der Waals surface area contributed by atoms with Crippen molar-refractivity contribution >= 4 is 18.3 Å². The Morgan fingerprint density at radius 1 is 1.16 bits per heavy atom. The van der Waals surface area contributed by atoms with Crippen LogP contribution < -0.4 is 15.4 Å². The molecule has 3 rings (SSSR count). The van der Waals surface area contributed by atoms with Gasteiger partial charge in [0.15, 0.2) is 0 Å². The fraction of sp³-hybridized carbons (Fsp3) is 0.350. The fourth-order valence-corrected chi connectivity index (χ4v) is 2.88. The normalized spacial score (nSPS) is 12.2. The molecule has 0 aliphatic carbocycles. The van der Waals surface area contributed by atoms with Gasteiger partial charge in [0.05, 0.1) is 13.0 Å². The third-order valence-corrected chi connectivity index (χ3v) is 4.53. The minimum Gasteiger partial charge on any atom is -0.493 e. The Bertz CT molecular complexity index is 746. The zero-order valence-electron chi connectivity index (χ0n) is 14.7. The molecule has 2 aromatic carbocycles. The van der Waals surface area contributed by atoms with Gasteiger partial charge in [0.1, 0.15) is 5.75 Å². The van der Waals surface area contributed by atoms with E-state index in [1.54, 1.807) is 0 Å². The van der Waals surface area contributed by atoms with E-state index < -0.39 is 0 Å². The molecule has 1 amide bonds. The van der Waals surface area contributed by atoms with Crippen LogP contribution in [0.4, 0.5) is 0 Å². The number of aryl methyl sites for hydroxylation is 1. The van der Waals surface area contributed by atoms with Crippen LogP contribution in [0.2, 0.25) is 0 Å². The zero-order chi connectivity index (χ0) is 16.9. The van der Waals surface area contributed by atoms with E-state index in [-0.39, 0.29) is 18.3 Å². The molecule has 134 valence electrons. The molecule has 0 saturated heterocycles. The van der Waals surface area contributed by atoms with Gasteiger partial charge in [0.2, 0.25) is 5.91 Å². The van der Waals surface area contributed by atoms with E-state index >= 15 is 0 Å². The molecular weight excluding hydrogens is 336 g/mol. The van der Waals surface area contributed by atoms with Crippen molar-refractivity contribution in [1.82, 2.24) is 10.6 Å². The maximum absolute atomic E-state index is 12.0. The Morgan fingerprint density at radius 3 is 2.80 bits per heavy atom.